The highest BCUT2D eigenvalue weighted by molar-refractivity contribution is 4.65. The Morgan fingerprint density at radius 1 is 1.06 bits per heavy atom. The summed E-state index contributed by atoms with van der Waals surface area (Å²) in [6.07, 6.45) is 2.43. The fourth-order valence-electron chi connectivity index (χ4n) is 1.85. The molecule has 0 aromatic rings. The van der Waals surface area contributed by atoms with Gasteiger partial charge in [-0.3, -0.25) is 0 Å². The minimum Gasteiger partial charge on any atom is -0.382 e. The zero-order valence-corrected chi connectivity index (χ0v) is 11.5. The molecular formula is C13H27NO4. The molecule has 1 rings (SSSR count). The van der Waals surface area contributed by atoms with Gasteiger partial charge in [-0.1, -0.05) is 0 Å². The summed E-state index contributed by atoms with van der Waals surface area (Å²) in [5.74, 6) is 0.757. The van der Waals surface area contributed by atoms with E-state index in [0.29, 0.717) is 26.4 Å². The molecular weight excluding hydrogens is 234 g/mol. The second-order valence-corrected chi connectivity index (χ2v) is 4.49. The summed E-state index contributed by atoms with van der Waals surface area (Å²) in [7, 11) is 1.67. The Labute approximate surface area is 110 Å². The highest BCUT2D eigenvalue weighted by Crippen LogP contribution is 2.14. The molecule has 0 saturated carbocycles. The van der Waals surface area contributed by atoms with Crippen molar-refractivity contribution in [3.63, 3.8) is 0 Å². The van der Waals surface area contributed by atoms with Gasteiger partial charge in [-0.2, -0.15) is 0 Å². The molecule has 0 radical (unpaired) electrons. The van der Waals surface area contributed by atoms with E-state index < -0.39 is 0 Å². The van der Waals surface area contributed by atoms with Gasteiger partial charge in [0.2, 0.25) is 0 Å². The molecule has 1 N–H and O–H groups in total. The maximum absolute atomic E-state index is 5.43. The fourth-order valence-corrected chi connectivity index (χ4v) is 1.85. The highest BCUT2D eigenvalue weighted by atomic mass is 16.5. The minimum atomic E-state index is 0.640. The third-order valence-corrected chi connectivity index (χ3v) is 2.98. The summed E-state index contributed by atoms with van der Waals surface area (Å²) >= 11 is 0. The van der Waals surface area contributed by atoms with E-state index in [1.807, 2.05) is 0 Å². The monoisotopic (exact) mass is 261 g/mol. The average Bonchev–Trinajstić information content (AvgIpc) is 2.89. The van der Waals surface area contributed by atoms with Crippen molar-refractivity contribution in [2.75, 3.05) is 66.4 Å². The molecule has 1 atom stereocenters. The lowest BCUT2D eigenvalue weighted by atomic mass is 10.1. The van der Waals surface area contributed by atoms with Crippen molar-refractivity contribution in [2.45, 2.75) is 12.8 Å². The van der Waals surface area contributed by atoms with Crippen LogP contribution in [0.5, 0.6) is 0 Å². The third kappa shape index (κ3) is 8.83. The lowest BCUT2D eigenvalue weighted by Crippen LogP contribution is -2.23. The van der Waals surface area contributed by atoms with Gasteiger partial charge in [-0.15, -0.1) is 0 Å². The van der Waals surface area contributed by atoms with Gasteiger partial charge in [0.15, 0.2) is 0 Å². The number of methoxy groups -OCH3 is 1. The van der Waals surface area contributed by atoms with Crippen molar-refractivity contribution in [1.29, 1.82) is 0 Å². The van der Waals surface area contributed by atoms with Crippen molar-refractivity contribution in [1.82, 2.24) is 5.32 Å². The van der Waals surface area contributed by atoms with Crippen LogP contribution < -0.4 is 5.32 Å². The molecule has 0 spiro atoms. The van der Waals surface area contributed by atoms with Crippen LogP contribution in [-0.4, -0.2) is 66.4 Å². The quantitative estimate of drug-likeness (QED) is 0.524. The first-order chi connectivity index (χ1) is 8.93. The predicted molar refractivity (Wildman–Crippen MR) is 69.9 cm³/mol. The molecule has 1 aliphatic rings. The normalized spacial score (nSPS) is 19.5. The maximum Gasteiger partial charge on any atom is 0.0701 e. The number of hydrogen-bond acceptors (Lipinski definition) is 5. The number of rotatable bonds is 12. The van der Waals surface area contributed by atoms with E-state index in [1.54, 1.807) is 7.11 Å². The van der Waals surface area contributed by atoms with Gasteiger partial charge in [-0.25, -0.2) is 0 Å². The van der Waals surface area contributed by atoms with E-state index in [0.717, 1.165) is 38.8 Å². The van der Waals surface area contributed by atoms with Crippen molar-refractivity contribution >= 4 is 0 Å². The summed E-state index contributed by atoms with van der Waals surface area (Å²) in [5.41, 5.74) is 0. The Morgan fingerprint density at radius 3 is 2.56 bits per heavy atom. The van der Waals surface area contributed by atoms with Crippen LogP contribution in [0.2, 0.25) is 0 Å². The lowest BCUT2D eigenvalue weighted by Gasteiger charge is -2.09. The number of nitrogens with one attached hydrogen (secondary N) is 1. The van der Waals surface area contributed by atoms with Crippen LogP contribution in [-0.2, 0) is 18.9 Å². The minimum absolute atomic E-state index is 0.640. The summed E-state index contributed by atoms with van der Waals surface area (Å²) in [6.45, 7) is 7.18. The molecule has 0 aromatic carbocycles. The molecule has 1 unspecified atom stereocenters. The van der Waals surface area contributed by atoms with Crippen molar-refractivity contribution in [2.24, 2.45) is 5.92 Å². The third-order valence-electron chi connectivity index (χ3n) is 2.98. The van der Waals surface area contributed by atoms with Crippen LogP contribution in [0.3, 0.4) is 0 Å². The van der Waals surface area contributed by atoms with Crippen LogP contribution in [0.1, 0.15) is 12.8 Å². The molecule has 0 bridgehead atoms. The number of ether oxygens (including phenoxy) is 4. The first-order valence-corrected chi connectivity index (χ1v) is 6.86. The van der Waals surface area contributed by atoms with Crippen LogP contribution in [0.4, 0.5) is 0 Å². The second-order valence-electron chi connectivity index (χ2n) is 4.49. The molecule has 1 saturated heterocycles. The van der Waals surface area contributed by atoms with Gasteiger partial charge in [-0.05, 0) is 25.3 Å². The second kappa shape index (κ2) is 11.9. The highest BCUT2D eigenvalue weighted by Gasteiger charge is 2.14. The largest absolute Gasteiger partial charge is 0.382 e. The van der Waals surface area contributed by atoms with E-state index >= 15 is 0 Å². The van der Waals surface area contributed by atoms with Crippen molar-refractivity contribution in [3.8, 4) is 0 Å². The average molecular weight is 261 g/mol. The van der Waals surface area contributed by atoms with Crippen LogP contribution in [0.15, 0.2) is 0 Å². The molecule has 0 aliphatic carbocycles. The molecule has 1 fully saturated rings. The summed E-state index contributed by atoms with van der Waals surface area (Å²) < 4.78 is 20.9. The van der Waals surface area contributed by atoms with Crippen LogP contribution >= 0.6 is 0 Å². The molecule has 18 heavy (non-hydrogen) atoms. The van der Waals surface area contributed by atoms with E-state index in [2.05, 4.69) is 5.32 Å². The Hall–Kier alpha value is -0.200. The van der Waals surface area contributed by atoms with Crippen LogP contribution in [0, 0.1) is 5.92 Å². The smallest absolute Gasteiger partial charge is 0.0701 e. The van der Waals surface area contributed by atoms with Gasteiger partial charge >= 0.3 is 0 Å². The molecule has 108 valence electrons. The summed E-state index contributed by atoms with van der Waals surface area (Å²) in [4.78, 5) is 0. The number of hydrogen-bond donors (Lipinski definition) is 1. The van der Waals surface area contributed by atoms with E-state index in [4.69, 9.17) is 18.9 Å². The molecule has 0 amide bonds. The van der Waals surface area contributed by atoms with E-state index in [-0.39, 0.29) is 0 Å². The van der Waals surface area contributed by atoms with Gasteiger partial charge in [0.25, 0.3) is 0 Å². The van der Waals surface area contributed by atoms with Crippen molar-refractivity contribution in [3.05, 3.63) is 0 Å². The molecule has 0 aromatic heterocycles. The van der Waals surface area contributed by atoms with Crippen LogP contribution in [0.25, 0.3) is 0 Å². The lowest BCUT2D eigenvalue weighted by molar-refractivity contribution is 0.0255. The first kappa shape index (κ1) is 15.9. The standard InChI is InChI=1S/C13H27NO4/c1-15-8-9-17-11-10-16-7-5-14-4-2-13-3-6-18-12-13/h13-14H,2-12H2,1H3. The van der Waals surface area contributed by atoms with E-state index in [1.165, 1.54) is 12.8 Å². The molecule has 5 heteroatoms. The maximum atomic E-state index is 5.43. The zero-order chi connectivity index (χ0) is 12.9. The Morgan fingerprint density at radius 2 is 1.83 bits per heavy atom. The summed E-state index contributed by atoms with van der Waals surface area (Å²) in [6, 6.07) is 0. The molecule has 1 aliphatic heterocycles. The van der Waals surface area contributed by atoms with Gasteiger partial charge in [0, 0.05) is 26.9 Å². The van der Waals surface area contributed by atoms with Gasteiger partial charge in [0.1, 0.15) is 0 Å². The fraction of sp³-hybridized carbons (Fsp3) is 1.00. The SMILES string of the molecule is COCCOCCOCCNCCC1CCOC1. The van der Waals surface area contributed by atoms with Crippen molar-refractivity contribution < 1.29 is 18.9 Å². The first-order valence-electron chi connectivity index (χ1n) is 6.86. The van der Waals surface area contributed by atoms with Gasteiger partial charge < -0.3 is 24.3 Å². The van der Waals surface area contributed by atoms with E-state index in [9.17, 15) is 0 Å². The Kier molecular flexibility index (Phi) is 10.5. The predicted octanol–water partition coefficient (Wildman–Crippen LogP) is 0.682. The topological polar surface area (TPSA) is 49.0 Å². The molecule has 5 nitrogen and oxygen atoms in total. The zero-order valence-electron chi connectivity index (χ0n) is 11.5. The Bertz CT molecular complexity index is 174. The Balaban J connectivity index is 1.68. The summed E-state index contributed by atoms with van der Waals surface area (Å²) in [5, 5.41) is 3.38. The van der Waals surface area contributed by atoms with Gasteiger partial charge in [0.05, 0.1) is 33.0 Å². The molecule has 1 heterocycles.